The Hall–Kier alpha value is -1.90. The zero-order chi connectivity index (χ0) is 13.0. The fraction of sp³-hybridized carbons (Fsp3) is 0.333. The zero-order valence-electron chi connectivity index (χ0n) is 10.8. The Bertz CT molecular complexity index is 486. The van der Waals surface area contributed by atoms with Gasteiger partial charge in [-0.05, 0) is 19.4 Å². The number of nitrogens with zero attached hydrogens (tertiary/aromatic N) is 1. The molecule has 2 rings (SSSR count). The van der Waals surface area contributed by atoms with Crippen molar-refractivity contribution in [3.63, 3.8) is 0 Å². The van der Waals surface area contributed by atoms with Crippen LogP contribution in [0, 0.1) is 18.3 Å². The van der Waals surface area contributed by atoms with Gasteiger partial charge in [-0.3, -0.25) is 4.99 Å². The van der Waals surface area contributed by atoms with Crippen LogP contribution in [-0.4, -0.2) is 24.8 Å². The first kappa shape index (κ1) is 12.6. The van der Waals surface area contributed by atoms with E-state index in [0.717, 1.165) is 5.56 Å². The molecule has 1 heterocycles. The van der Waals surface area contributed by atoms with Gasteiger partial charge in [-0.2, -0.15) is 0 Å². The van der Waals surface area contributed by atoms with Crippen molar-refractivity contribution < 1.29 is 4.74 Å². The Balaban J connectivity index is 2.25. The molecule has 3 nitrogen and oxygen atoms in total. The lowest BCUT2D eigenvalue weighted by molar-refractivity contribution is 0.336. The lowest BCUT2D eigenvalue weighted by Crippen LogP contribution is -2.22. The summed E-state index contributed by atoms with van der Waals surface area (Å²) >= 11 is 0. The molecule has 0 aliphatic carbocycles. The second-order valence-electron chi connectivity index (χ2n) is 4.35. The van der Waals surface area contributed by atoms with E-state index < -0.39 is 0 Å². The van der Waals surface area contributed by atoms with E-state index in [1.54, 1.807) is 0 Å². The van der Waals surface area contributed by atoms with Crippen molar-refractivity contribution in [2.75, 3.05) is 13.2 Å². The van der Waals surface area contributed by atoms with E-state index >= 15 is 0 Å². The van der Waals surface area contributed by atoms with Crippen molar-refractivity contribution in [2.45, 2.75) is 13.8 Å². The van der Waals surface area contributed by atoms with E-state index in [0.29, 0.717) is 24.8 Å². The lowest BCUT2D eigenvalue weighted by Gasteiger charge is -2.14. The van der Waals surface area contributed by atoms with Gasteiger partial charge in [0.05, 0.1) is 18.2 Å². The summed E-state index contributed by atoms with van der Waals surface area (Å²) in [5.41, 5.74) is 2.65. The van der Waals surface area contributed by atoms with Crippen molar-refractivity contribution in [1.82, 2.24) is 0 Å². The summed E-state index contributed by atoms with van der Waals surface area (Å²) in [7, 11) is 0. The molecule has 1 aliphatic rings. The first-order valence-corrected chi connectivity index (χ1v) is 6.18. The molecule has 0 saturated carbocycles. The van der Waals surface area contributed by atoms with Crippen LogP contribution in [0.1, 0.15) is 18.1 Å². The van der Waals surface area contributed by atoms with Crippen LogP contribution in [0.2, 0.25) is 0 Å². The SMILES string of the molecule is C/C=C/C(C(=N)c1ccc(C)cc1)C1=NCCO1. The van der Waals surface area contributed by atoms with Crippen LogP contribution < -0.4 is 0 Å². The number of nitrogens with one attached hydrogen (secondary N) is 1. The maximum Gasteiger partial charge on any atom is 0.196 e. The monoisotopic (exact) mass is 242 g/mol. The van der Waals surface area contributed by atoms with Gasteiger partial charge in [0.2, 0.25) is 0 Å². The van der Waals surface area contributed by atoms with Gasteiger partial charge in [0.15, 0.2) is 5.90 Å². The summed E-state index contributed by atoms with van der Waals surface area (Å²) in [4.78, 5) is 4.32. The number of benzene rings is 1. The molecule has 0 spiro atoms. The molecule has 0 fully saturated rings. The Labute approximate surface area is 108 Å². The highest BCUT2D eigenvalue weighted by Gasteiger charge is 2.23. The van der Waals surface area contributed by atoms with Gasteiger partial charge < -0.3 is 10.1 Å². The van der Waals surface area contributed by atoms with E-state index in [1.807, 2.05) is 50.3 Å². The number of aliphatic imine (C=N–C) groups is 1. The average molecular weight is 242 g/mol. The van der Waals surface area contributed by atoms with Crippen LogP contribution in [0.15, 0.2) is 41.4 Å². The van der Waals surface area contributed by atoms with Crippen LogP contribution in [-0.2, 0) is 4.74 Å². The molecule has 1 atom stereocenters. The molecule has 0 bridgehead atoms. The van der Waals surface area contributed by atoms with Gasteiger partial charge in [0.1, 0.15) is 6.61 Å². The summed E-state index contributed by atoms with van der Waals surface area (Å²) in [6.45, 7) is 5.32. The molecule has 1 aliphatic heterocycles. The van der Waals surface area contributed by atoms with Gasteiger partial charge in [-0.15, -0.1) is 0 Å². The van der Waals surface area contributed by atoms with Gasteiger partial charge in [0.25, 0.3) is 0 Å². The fourth-order valence-corrected chi connectivity index (χ4v) is 1.95. The van der Waals surface area contributed by atoms with Crippen molar-refractivity contribution in [1.29, 1.82) is 5.41 Å². The molecule has 1 unspecified atom stereocenters. The molecule has 3 heteroatoms. The quantitative estimate of drug-likeness (QED) is 0.640. The summed E-state index contributed by atoms with van der Waals surface area (Å²) in [5, 5.41) is 8.31. The van der Waals surface area contributed by atoms with E-state index in [1.165, 1.54) is 5.56 Å². The molecule has 0 amide bonds. The summed E-state index contributed by atoms with van der Waals surface area (Å²) in [6.07, 6.45) is 3.91. The molecular formula is C15H18N2O. The van der Waals surface area contributed by atoms with Gasteiger partial charge in [0, 0.05) is 0 Å². The van der Waals surface area contributed by atoms with E-state index in [9.17, 15) is 0 Å². The van der Waals surface area contributed by atoms with Crippen molar-refractivity contribution in [3.8, 4) is 0 Å². The number of hydrogen-bond acceptors (Lipinski definition) is 3. The average Bonchev–Trinajstić information content (AvgIpc) is 2.90. The Kier molecular flexibility index (Phi) is 3.92. The van der Waals surface area contributed by atoms with E-state index in [2.05, 4.69) is 4.99 Å². The van der Waals surface area contributed by atoms with Crippen molar-refractivity contribution in [3.05, 3.63) is 47.5 Å². The predicted octanol–water partition coefficient (Wildman–Crippen LogP) is 2.98. The highest BCUT2D eigenvalue weighted by molar-refractivity contribution is 6.13. The minimum Gasteiger partial charge on any atom is -0.478 e. The Morgan fingerprint density at radius 3 is 2.67 bits per heavy atom. The number of hydrogen-bond donors (Lipinski definition) is 1. The molecule has 1 aromatic rings. The van der Waals surface area contributed by atoms with Crippen LogP contribution in [0.25, 0.3) is 0 Å². The minimum atomic E-state index is -0.166. The van der Waals surface area contributed by atoms with E-state index in [-0.39, 0.29) is 5.92 Å². The molecule has 0 saturated heterocycles. The number of rotatable bonds is 4. The van der Waals surface area contributed by atoms with Gasteiger partial charge in [-0.1, -0.05) is 42.0 Å². The molecule has 1 aromatic carbocycles. The topological polar surface area (TPSA) is 45.4 Å². The second-order valence-corrected chi connectivity index (χ2v) is 4.35. The zero-order valence-corrected chi connectivity index (χ0v) is 10.8. The maximum atomic E-state index is 8.31. The Morgan fingerprint density at radius 1 is 1.39 bits per heavy atom. The normalized spacial score (nSPS) is 16.4. The lowest BCUT2D eigenvalue weighted by atomic mass is 9.95. The van der Waals surface area contributed by atoms with Crippen molar-refractivity contribution >= 4 is 11.6 Å². The number of allylic oxidation sites excluding steroid dienone is 1. The van der Waals surface area contributed by atoms with Crippen LogP contribution >= 0.6 is 0 Å². The van der Waals surface area contributed by atoms with Gasteiger partial charge in [-0.25, -0.2) is 0 Å². The predicted molar refractivity (Wildman–Crippen MR) is 74.6 cm³/mol. The fourth-order valence-electron chi connectivity index (χ4n) is 1.95. The highest BCUT2D eigenvalue weighted by atomic mass is 16.5. The third kappa shape index (κ3) is 2.67. The van der Waals surface area contributed by atoms with E-state index in [4.69, 9.17) is 10.1 Å². The number of ether oxygens (including phenoxy) is 1. The van der Waals surface area contributed by atoms with Gasteiger partial charge >= 0.3 is 0 Å². The largest absolute Gasteiger partial charge is 0.478 e. The third-order valence-electron chi connectivity index (χ3n) is 2.93. The van der Waals surface area contributed by atoms with Crippen LogP contribution in [0.5, 0.6) is 0 Å². The summed E-state index contributed by atoms with van der Waals surface area (Å²) < 4.78 is 5.49. The maximum absolute atomic E-state index is 8.31. The molecule has 0 radical (unpaired) electrons. The first-order chi connectivity index (χ1) is 8.72. The first-order valence-electron chi connectivity index (χ1n) is 6.18. The smallest absolute Gasteiger partial charge is 0.196 e. The molecule has 94 valence electrons. The molecule has 1 N–H and O–H groups in total. The van der Waals surface area contributed by atoms with Crippen LogP contribution in [0.4, 0.5) is 0 Å². The minimum absolute atomic E-state index is 0.166. The Morgan fingerprint density at radius 2 is 2.11 bits per heavy atom. The highest BCUT2D eigenvalue weighted by Crippen LogP contribution is 2.16. The number of aryl methyl sites for hydroxylation is 1. The molecule has 0 aromatic heterocycles. The third-order valence-corrected chi connectivity index (χ3v) is 2.93. The summed E-state index contributed by atoms with van der Waals surface area (Å²) in [5.74, 6) is 0.499. The summed E-state index contributed by atoms with van der Waals surface area (Å²) in [6, 6.07) is 8.00. The molecular weight excluding hydrogens is 224 g/mol. The van der Waals surface area contributed by atoms with Crippen molar-refractivity contribution in [2.24, 2.45) is 10.9 Å². The second kappa shape index (κ2) is 5.63. The molecule has 18 heavy (non-hydrogen) atoms. The standard InChI is InChI=1S/C15H18N2O/c1-3-4-13(15-17-9-10-18-15)14(16)12-7-5-11(2)6-8-12/h3-8,13,16H,9-10H2,1-2H3/b4-3+,16-14?. The van der Waals surface area contributed by atoms with Crippen LogP contribution in [0.3, 0.4) is 0 Å².